The van der Waals surface area contributed by atoms with Gasteiger partial charge in [0.05, 0.1) is 6.61 Å². The summed E-state index contributed by atoms with van der Waals surface area (Å²) in [5.41, 5.74) is 0. The molecule has 0 aromatic heterocycles. The zero-order valence-corrected chi connectivity index (χ0v) is 11.9. The van der Waals surface area contributed by atoms with Crippen LogP contribution in [0.4, 0.5) is 0 Å². The molecule has 0 spiro atoms. The fraction of sp³-hybridized carbons (Fsp3) is 1.00. The summed E-state index contributed by atoms with van der Waals surface area (Å²) in [6.45, 7) is 10.3. The van der Waals surface area contributed by atoms with Crippen molar-refractivity contribution in [2.75, 3.05) is 39.9 Å². The van der Waals surface area contributed by atoms with Crippen molar-refractivity contribution in [3.63, 3.8) is 0 Å². The number of hydrogen-bond acceptors (Lipinski definition) is 3. The van der Waals surface area contributed by atoms with E-state index in [2.05, 4.69) is 24.1 Å². The molecule has 1 saturated heterocycles. The van der Waals surface area contributed by atoms with E-state index in [4.69, 9.17) is 4.74 Å². The average molecular weight is 242 g/mol. The predicted molar refractivity (Wildman–Crippen MR) is 73.4 cm³/mol. The first kappa shape index (κ1) is 14.9. The molecule has 3 heteroatoms. The molecule has 0 radical (unpaired) electrons. The molecule has 1 rings (SSSR count). The number of likely N-dealkylation sites (tertiary alicyclic amines) is 1. The number of ether oxygens (including phenoxy) is 1. The third-order valence-electron chi connectivity index (χ3n) is 3.57. The first-order chi connectivity index (χ1) is 8.30. The number of nitrogens with one attached hydrogen (secondary N) is 1. The van der Waals surface area contributed by atoms with Gasteiger partial charge in [-0.05, 0) is 38.3 Å². The maximum Gasteiger partial charge on any atom is 0.0503 e. The fourth-order valence-corrected chi connectivity index (χ4v) is 2.72. The topological polar surface area (TPSA) is 24.5 Å². The summed E-state index contributed by atoms with van der Waals surface area (Å²) >= 11 is 0. The summed E-state index contributed by atoms with van der Waals surface area (Å²) < 4.78 is 5.25. The highest BCUT2D eigenvalue weighted by Gasteiger charge is 2.23. The summed E-state index contributed by atoms with van der Waals surface area (Å²) in [5.74, 6) is 0.758. The van der Waals surface area contributed by atoms with E-state index in [-0.39, 0.29) is 0 Å². The average Bonchev–Trinajstić information content (AvgIpc) is 2.74. The fourth-order valence-electron chi connectivity index (χ4n) is 2.72. The molecule has 0 aromatic carbocycles. The first-order valence-corrected chi connectivity index (χ1v) is 7.24. The second-order valence-corrected chi connectivity index (χ2v) is 5.31. The molecule has 0 amide bonds. The number of rotatable bonds is 9. The van der Waals surface area contributed by atoms with Crippen LogP contribution >= 0.6 is 0 Å². The molecule has 2 unspecified atom stereocenters. The SMILES string of the molecule is CCCNC(CCC)CN1CCC(COC)C1. The van der Waals surface area contributed by atoms with E-state index in [1.165, 1.54) is 45.3 Å². The largest absolute Gasteiger partial charge is 0.384 e. The number of hydrogen-bond donors (Lipinski definition) is 1. The third-order valence-corrected chi connectivity index (χ3v) is 3.57. The van der Waals surface area contributed by atoms with Crippen LogP contribution in [0.1, 0.15) is 39.5 Å². The molecule has 17 heavy (non-hydrogen) atoms. The van der Waals surface area contributed by atoms with Gasteiger partial charge in [0.2, 0.25) is 0 Å². The lowest BCUT2D eigenvalue weighted by Crippen LogP contribution is -2.40. The molecule has 1 fully saturated rings. The normalized spacial score (nSPS) is 23.1. The highest BCUT2D eigenvalue weighted by atomic mass is 16.5. The Balaban J connectivity index is 2.24. The summed E-state index contributed by atoms with van der Waals surface area (Å²) in [5, 5.41) is 3.67. The molecular weight excluding hydrogens is 212 g/mol. The molecule has 2 atom stereocenters. The highest BCUT2D eigenvalue weighted by Crippen LogP contribution is 2.17. The monoisotopic (exact) mass is 242 g/mol. The van der Waals surface area contributed by atoms with Crippen LogP contribution in [0.15, 0.2) is 0 Å². The predicted octanol–water partition coefficient (Wildman–Crippen LogP) is 2.12. The Hall–Kier alpha value is -0.120. The summed E-state index contributed by atoms with van der Waals surface area (Å²) in [4.78, 5) is 2.60. The molecule has 0 aromatic rings. The molecular formula is C14H30N2O. The minimum atomic E-state index is 0.682. The molecule has 0 aliphatic carbocycles. The van der Waals surface area contributed by atoms with E-state index in [9.17, 15) is 0 Å². The van der Waals surface area contributed by atoms with E-state index in [0.29, 0.717) is 6.04 Å². The molecule has 3 nitrogen and oxygen atoms in total. The Morgan fingerprint density at radius 1 is 1.35 bits per heavy atom. The Bertz CT molecular complexity index is 187. The Kier molecular flexibility index (Phi) is 7.82. The molecule has 102 valence electrons. The molecule has 1 aliphatic heterocycles. The van der Waals surface area contributed by atoms with Crippen molar-refractivity contribution in [3.8, 4) is 0 Å². The van der Waals surface area contributed by atoms with E-state index in [1.807, 2.05) is 7.11 Å². The molecule has 0 saturated carbocycles. The summed E-state index contributed by atoms with van der Waals surface area (Å²) in [6, 6.07) is 0.682. The lowest BCUT2D eigenvalue weighted by atomic mass is 10.1. The second kappa shape index (κ2) is 8.90. The highest BCUT2D eigenvalue weighted by molar-refractivity contribution is 4.79. The van der Waals surface area contributed by atoms with Crippen molar-refractivity contribution in [3.05, 3.63) is 0 Å². The van der Waals surface area contributed by atoms with Gasteiger partial charge in [-0.2, -0.15) is 0 Å². The van der Waals surface area contributed by atoms with Gasteiger partial charge < -0.3 is 15.0 Å². The molecule has 1 heterocycles. The van der Waals surface area contributed by atoms with E-state index >= 15 is 0 Å². The second-order valence-electron chi connectivity index (χ2n) is 5.31. The van der Waals surface area contributed by atoms with E-state index in [0.717, 1.165) is 19.1 Å². The van der Waals surface area contributed by atoms with Crippen molar-refractivity contribution >= 4 is 0 Å². The number of nitrogens with zero attached hydrogens (tertiary/aromatic N) is 1. The van der Waals surface area contributed by atoms with Gasteiger partial charge in [0.15, 0.2) is 0 Å². The number of methoxy groups -OCH3 is 1. The lowest BCUT2D eigenvalue weighted by molar-refractivity contribution is 0.151. The third kappa shape index (κ3) is 5.84. The van der Waals surface area contributed by atoms with E-state index < -0.39 is 0 Å². The van der Waals surface area contributed by atoms with Gasteiger partial charge in [-0.3, -0.25) is 0 Å². The van der Waals surface area contributed by atoms with E-state index in [1.54, 1.807) is 0 Å². The maximum atomic E-state index is 5.25. The minimum Gasteiger partial charge on any atom is -0.384 e. The first-order valence-electron chi connectivity index (χ1n) is 7.24. The van der Waals surface area contributed by atoms with Gasteiger partial charge in [0, 0.05) is 26.2 Å². The maximum absolute atomic E-state index is 5.25. The lowest BCUT2D eigenvalue weighted by Gasteiger charge is -2.24. The Morgan fingerprint density at radius 3 is 2.82 bits per heavy atom. The van der Waals surface area contributed by atoms with Gasteiger partial charge in [0.1, 0.15) is 0 Å². The van der Waals surface area contributed by atoms with Gasteiger partial charge >= 0.3 is 0 Å². The van der Waals surface area contributed by atoms with Crippen LogP contribution in [0.2, 0.25) is 0 Å². The van der Waals surface area contributed by atoms with Gasteiger partial charge in [-0.15, -0.1) is 0 Å². The van der Waals surface area contributed by atoms with Crippen molar-refractivity contribution in [1.29, 1.82) is 0 Å². The Morgan fingerprint density at radius 2 is 2.18 bits per heavy atom. The van der Waals surface area contributed by atoms with Crippen LogP contribution in [0.5, 0.6) is 0 Å². The molecule has 1 N–H and O–H groups in total. The molecule has 1 aliphatic rings. The summed E-state index contributed by atoms with van der Waals surface area (Å²) in [7, 11) is 1.81. The van der Waals surface area contributed by atoms with Crippen molar-refractivity contribution in [2.45, 2.75) is 45.6 Å². The quantitative estimate of drug-likeness (QED) is 0.670. The smallest absolute Gasteiger partial charge is 0.0503 e. The Labute approximate surface area is 107 Å². The minimum absolute atomic E-state index is 0.682. The van der Waals surface area contributed by atoms with Crippen LogP contribution < -0.4 is 5.32 Å². The zero-order valence-electron chi connectivity index (χ0n) is 11.9. The van der Waals surface area contributed by atoms with Crippen LogP contribution in [-0.4, -0.2) is 50.8 Å². The van der Waals surface area contributed by atoms with Gasteiger partial charge in [-0.25, -0.2) is 0 Å². The summed E-state index contributed by atoms with van der Waals surface area (Å²) in [6.07, 6.45) is 5.11. The van der Waals surface area contributed by atoms with Gasteiger partial charge in [0.25, 0.3) is 0 Å². The van der Waals surface area contributed by atoms with Crippen LogP contribution in [0.3, 0.4) is 0 Å². The zero-order chi connectivity index (χ0) is 12.5. The van der Waals surface area contributed by atoms with Crippen LogP contribution in [0.25, 0.3) is 0 Å². The van der Waals surface area contributed by atoms with Crippen LogP contribution in [-0.2, 0) is 4.74 Å². The molecule has 0 bridgehead atoms. The van der Waals surface area contributed by atoms with Crippen LogP contribution in [0, 0.1) is 5.92 Å². The standard InChI is InChI=1S/C14H30N2O/c1-4-6-14(15-8-5-2)11-16-9-7-13(10-16)12-17-3/h13-15H,4-12H2,1-3H3. The van der Waals surface area contributed by atoms with Crippen molar-refractivity contribution in [1.82, 2.24) is 10.2 Å². The van der Waals surface area contributed by atoms with Gasteiger partial charge in [-0.1, -0.05) is 20.3 Å². The van der Waals surface area contributed by atoms with Crippen molar-refractivity contribution in [2.24, 2.45) is 5.92 Å². The van der Waals surface area contributed by atoms with Crippen molar-refractivity contribution < 1.29 is 4.74 Å².